The second kappa shape index (κ2) is 5.76. The summed E-state index contributed by atoms with van der Waals surface area (Å²) in [6, 6.07) is 2.76. The number of benzene rings is 1. The smallest absolute Gasteiger partial charge is 0.269 e. The van der Waals surface area contributed by atoms with E-state index in [0.717, 1.165) is 24.3 Å². The van der Waals surface area contributed by atoms with Crippen molar-refractivity contribution >= 4 is 21.7 Å². The zero-order valence-corrected chi connectivity index (χ0v) is 10.7. The highest BCUT2D eigenvalue weighted by Crippen LogP contribution is 2.16. The predicted molar refractivity (Wildman–Crippen MR) is 62.5 cm³/mol. The number of non-ortho nitro benzene ring substituents is 1. The Bertz CT molecular complexity index is 581. The molecule has 0 amide bonds. The van der Waals surface area contributed by atoms with Gasteiger partial charge in [-0.3, -0.25) is 10.1 Å². The Morgan fingerprint density at radius 2 is 1.89 bits per heavy atom. The molecule has 0 aliphatic heterocycles. The molecule has 1 rings (SSSR count). The maximum absolute atomic E-state index is 11.8. The Morgan fingerprint density at radius 1 is 1.37 bits per heavy atom. The highest BCUT2D eigenvalue weighted by atomic mass is 32.2. The van der Waals surface area contributed by atoms with Crippen molar-refractivity contribution in [2.45, 2.75) is 24.3 Å². The van der Waals surface area contributed by atoms with E-state index in [4.69, 9.17) is 0 Å². The summed E-state index contributed by atoms with van der Waals surface area (Å²) in [5, 5.41) is 21.1. The molecule has 1 aromatic rings. The molecule has 0 radical (unpaired) electrons. The van der Waals surface area contributed by atoms with E-state index in [1.165, 1.54) is 6.92 Å². The topological polar surface area (TPSA) is 129 Å². The molecule has 0 heterocycles. The van der Waals surface area contributed by atoms with Crippen LogP contribution in [0.1, 0.15) is 13.3 Å². The minimum atomic E-state index is -4.05. The van der Waals surface area contributed by atoms with Gasteiger partial charge in [0.05, 0.1) is 21.8 Å². The summed E-state index contributed by atoms with van der Waals surface area (Å²) in [5.41, 5.74) is -0.258. The van der Waals surface area contributed by atoms with Crippen LogP contribution in [0.3, 0.4) is 0 Å². The molecule has 0 aliphatic carbocycles. The van der Waals surface area contributed by atoms with Crippen LogP contribution in [-0.4, -0.2) is 25.4 Å². The number of nitrogens with zero attached hydrogens (tertiary/aromatic N) is 1. The van der Waals surface area contributed by atoms with Crippen LogP contribution in [0.15, 0.2) is 29.2 Å². The maximum atomic E-state index is 11.8. The van der Waals surface area contributed by atoms with E-state index >= 15 is 0 Å². The van der Waals surface area contributed by atoms with Crippen LogP contribution < -0.4 is 9.83 Å². The molecule has 0 saturated carbocycles. The molecule has 19 heavy (non-hydrogen) atoms. The molecular formula is C10H11N2O6S-. The van der Waals surface area contributed by atoms with E-state index < -0.39 is 27.0 Å². The van der Waals surface area contributed by atoms with Crippen LogP contribution in [0.25, 0.3) is 0 Å². The van der Waals surface area contributed by atoms with E-state index in [1.54, 1.807) is 0 Å². The van der Waals surface area contributed by atoms with Gasteiger partial charge in [-0.1, -0.05) is 6.92 Å². The van der Waals surface area contributed by atoms with Crippen LogP contribution in [0.4, 0.5) is 5.69 Å². The number of carbonyl (C=O) groups is 1. The molecule has 0 unspecified atom stereocenters. The lowest BCUT2D eigenvalue weighted by molar-refractivity contribution is -0.384. The standard InChI is InChI=1S/C10H12N2O6S/c1-2-9(10(13)14)11-19(17,18)8-5-3-7(4-6-8)12(15)16/h3-6,9,11H,2H2,1H3,(H,13,14)/p-1/t9-/m1/s1. The van der Waals surface area contributed by atoms with Gasteiger partial charge in [-0.25, -0.2) is 13.1 Å². The van der Waals surface area contributed by atoms with Gasteiger partial charge in [0.2, 0.25) is 10.0 Å². The van der Waals surface area contributed by atoms with E-state index in [-0.39, 0.29) is 17.0 Å². The van der Waals surface area contributed by atoms with Gasteiger partial charge in [-0.05, 0) is 18.6 Å². The number of carboxylic acids is 1. The largest absolute Gasteiger partial charge is 0.548 e. The van der Waals surface area contributed by atoms with Crippen LogP contribution in [0.2, 0.25) is 0 Å². The summed E-state index contributed by atoms with van der Waals surface area (Å²) in [7, 11) is -4.05. The Labute approximate surface area is 109 Å². The third kappa shape index (κ3) is 3.73. The molecule has 0 aromatic heterocycles. The fraction of sp³-hybridized carbons (Fsp3) is 0.300. The second-order valence-corrected chi connectivity index (χ2v) is 5.37. The van der Waals surface area contributed by atoms with Gasteiger partial charge in [0.1, 0.15) is 0 Å². The molecule has 0 fully saturated rings. The van der Waals surface area contributed by atoms with Gasteiger partial charge >= 0.3 is 0 Å². The Morgan fingerprint density at radius 3 is 2.26 bits per heavy atom. The molecule has 0 bridgehead atoms. The number of sulfonamides is 1. The predicted octanol–water partition coefficient (Wildman–Crippen LogP) is -0.598. The monoisotopic (exact) mass is 287 g/mol. The van der Waals surface area contributed by atoms with Crippen LogP contribution in [0, 0.1) is 10.1 Å². The van der Waals surface area contributed by atoms with Gasteiger partial charge in [0, 0.05) is 12.1 Å². The number of hydrogen-bond donors (Lipinski definition) is 1. The quantitative estimate of drug-likeness (QED) is 0.549. The molecule has 0 spiro atoms. The normalized spacial score (nSPS) is 12.9. The van der Waals surface area contributed by atoms with Gasteiger partial charge < -0.3 is 9.90 Å². The zero-order chi connectivity index (χ0) is 14.6. The van der Waals surface area contributed by atoms with Crippen LogP contribution in [-0.2, 0) is 14.8 Å². The first-order chi connectivity index (χ1) is 8.77. The first kappa shape index (κ1) is 15.1. The maximum Gasteiger partial charge on any atom is 0.269 e. The lowest BCUT2D eigenvalue weighted by Gasteiger charge is -2.17. The molecule has 1 N–H and O–H groups in total. The van der Waals surface area contributed by atoms with Crippen molar-refractivity contribution in [3.05, 3.63) is 34.4 Å². The van der Waals surface area contributed by atoms with Crippen LogP contribution in [0.5, 0.6) is 0 Å². The Balaban J connectivity index is 3.00. The summed E-state index contributed by atoms with van der Waals surface area (Å²) in [6.07, 6.45) is 0.0224. The summed E-state index contributed by atoms with van der Waals surface area (Å²) < 4.78 is 25.6. The fourth-order valence-corrected chi connectivity index (χ4v) is 2.57. The van der Waals surface area contributed by atoms with Gasteiger partial charge in [0.15, 0.2) is 0 Å². The SMILES string of the molecule is CC[C@@H](NS(=O)(=O)c1ccc([N+](=O)[O-])cc1)C(=O)[O-]. The molecule has 9 heteroatoms. The third-order valence-corrected chi connectivity index (χ3v) is 3.84. The average Bonchev–Trinajstić information content (AvgIpc) is 2.35. The summed E-state index contributed by atoms with van der Waals surface area (Å²) in [4.78, 5) is 20.2. The number of hydrogen-bond acceptors (Lipinski definition) is 6. The molecule has 8 nitrogen and oxygen atoms in total. The molecule has 1 aromatic carbocycles. The van der Waals surface area contributed by atoms with E-state index in [1.807, 2.05) is 4.72 Å². The number of aliphatic carboxylic acids is 1. The highest BCUT2D eigenvalue weighted by molar-refractivity contribution is 7.89. The third-order valence-electron chi connectivity index (χ3n) is 2.35. The zero-order valence-electron chi connectivity index (χ0n) is 9.90. The minimum absolute atomic E-state index is 0.0224. The van der Waals surface area contributed by atoms with E-state index in [2.05, 4.69) is 0 Å². The van der Waals surface area contributed by atoms with Gasteiger partial charge in [0.25, 0.3) is 5.69 Å². The number of nitro groups is 1. The summed E-state index contributed by atoms with van der Waals surface area (Å²) in [6.45, 7) is 1.48. The molecule has 1 atom stereocenters. The van der Waals surface area contributed by atoms with Gasteiger partial charge in [-0.2, -0.15) is 0 Å². The molecule has 0 saturated heterocycles. The average molecular weight is 287 g/mol. The van der Waals surface area contributed by atoms with Crippen molar-refractivity contribution in [1.82, 2.24) is 4.72 Å². The first-order valence-electron chi connectivity index (χ1n) is 5.25. The van der Waals surface area contributed by atoms with Crippen molar-refractivity contribution in [1.29, 1.82) is 0 Å². The van der Waals surface area contributed by atoms with Crippen LogP contribution >= 0.6 is 0 Å². The lowest BCUT2D eigenvalue weighted by Crippen LogP contribution is -2.47. The van der Waals surface area contributed by atoms with Crippen molar-refractivity contribution in [2.75, 3.05) is 0 Å². The van der Waals surface area contributed by atoms with Crippen molar-refractivity contribution < 1.29 is 23.2 Å². The number of nitrogens with one attached hydrogen (secondary N) is 1. The molecular weight excluding hydrogens is 276 g/mol. The van der Waals surface area contributed by atoms with Gasteiger partial charge in [-0.15, -0.1) is 0 Å². The van der Waals surface area contributed by atoms with Crippen molar-refractivity contribution in [3.8, 4) is 0 Å². The van der Waals surface area contributed by atoms with E-state index in [0.29, 0.717) is 0 Å². The minimum Gasteiger partial charge on any atom is -0.548 e. The number of rotatable bonds is 6. The van der Waals surface area contributed by atoms with E-state index in [9.17, 15) is 28.4 Å². The number of carboxylic acid groups (broad SMARTS) is 1. The number of nitro benzene ring substituents is 1. The summed E-state index contributed by atoms with van der Waals surface area (Å²) >= 11 is 0. The second-order valence-electron chi connectivity index (χ2n) is 3.65. The van der Waals surface area contributed by atoms with Crippen molar-refractivity contribution in [3.63, 3.8) is 0 Å². The molecule has 104 valence electrons. The summed E-state index contributed by atoms with van der Waals surface area (Å²) in [5.74, 6) is -1.53. The number of carbonyl (C=O) groups excluding carboxylic acids is 1. The Kier molecular flexibility index (Phi) is 4.57. The molecule has 0 aliphatic rings. The first-order valence-corrected chi connectivity index (χ1v) is 6.74. The Hall–Kier alpha value is -2.00. The lowest BCUT2D eigenvalue weighted by atomic mass is 10.2. The van der Waals surface area contributed by atoms with Crippen molar-refractivity contribution in [2.24, 2.45) is 0 Å². The highest BCUT2D eigenvalue weighted by Gasteiger charge is 2.20. The fourth-order valence-electron chi connectivity index (χ4n) is 1.30.